The third kappa shape index (κ3) is 2.91. The van der Waals surface area contributed by atoms with Crippen molar-refractivity contribution in [3.05, 3.63) is 29.3 Å². The van der Waals surface area contributed by atoms with Crippen LogP contribution >= 0.6 is 0 Å². The van der Waals surface area contributed by atoms with Gasteiger partial charge in [0.05, 0.1) is 18.6 Å². The predicted octanol–water partition coefficient (Wildman–Crippen LogP) is 1.72. The van der Waals surface area contributed by atoms with E-state index in [0.717, 1.165) is 12.1 Å². The Bertz CT molecular complexity index is 551. The number of nitriles is 1. The van der Waals surface area contributed by atoms with E-state index in [2.05, 4.69) is 11.0 Å². The predicted molar refractivity (Wildman–Crippen MR) is 73.3 cm³/mol. The summed E-state index contributed by atoms with van der Waals surface area (Å²) in [6.45, 7) is 3.95. The highest BCUT2D eigenvalue weighted by Crippen LogP contribution is 2.26. The van der Waals surface area contributed by atoms with Crippen LogP contribution < -0.4 is 4.74 Å². The molecule has 1 aliphatic rings. The molecular weight excluding hydrogens is 256 g/mol. The van der Waals surface area contributed by atoms with E-state index in [1.165, 1.54) is 7.11 Å². The molecule has 0 saturated carbocycles. The zero-order valence-corrected chi connectivity index (χ0v) is 11.7. The van der Waals surface area contributed by atoms with Gasteiger partial charge in [0.1, 0.15) is 11.8 Å². The summed E-state index contributed by atoms with van der Waals surface area (Å²) in [6, 6.07) is 7.61. The number of hydrogen-bond donors (Lipinski definition) is 1. The number of methoxy groups -OCH3 is 1. The Morgan fingerprint density at radius 1 is 1.55 bits per heavy atom. The van der Waals surface area contributed by atoms with Gasteiger partial charge in [-0.2, -0.15) is 5.26 Å². The molecule has 0 aromatic heterocycles. The molecule has 0 unspecified atom stereocenters. The molecule has 106 valence electrons. The standard InChI is InChI=1S/C15H18N2O3/c1-10-7-17(9-13(10)15(18)19)8-11-3-4-14(20-2)12(5-11)6-16/h3-5,10,13H,7-9H2,1-2H3,(H,18,19)/t10-,13-/m1/s1. The average molecular weight is 274 g/mol. The first-order chi connectivity index (χ1) is 9.55. The SMILES string of the molecule is COc1ccc(CN2C[C@@H](C)[C@H](C(=O)O)C2)cc1C#N. The number of nitrogens with zero attached hydrogens (tertiary/aromatic N) is 2. The summed E-state index contributed by atoms with van der Waals surface area (Å²) < 4.78 is 5.11. The van der Waals surface area contributed by atoms with Crippen molar-refractivity contribution in [1.29, 1.82) is 5.26 Å². The second-order valence-electron chi connectivity index (χ2n) is 5.26. The van der Waals surface area contributed by atoms with Crippen molar-refractivity contribution in [2.24, 2.45) is 11.8 Å². The third-order valence-corrected chi connectivity index (χ3v) is 3.80. The molecule has 1 saturated heterocycles. The number of benzene rings is 1. The topological polar surface area (TPSA) is 73.6 Å². The van der Waals surface area contributed by atoms with Gasteiger partial charge in [0, 0.05) is 19.6 Å². The monoisotopic (exact) mass is 274 g/mol. The maximum atomic E-state index is 11.1. The number of carboxylic acids is 1. The fourth-order valence-electron chi connectivity index (χ4n) is 2.72. The van der Waals surface area contributed by atoms with Crippen LogP contribution in [0.25, 0.3) is 0 Å². The summed E-state index contributed by atoms with van der Waals surface area (Å²) in [6.07, 6.45) is 0. The van der Waals surface area contributed by atoms with E-state index in [-0.39, 0.29) is 11.8 Å². The smallest absolute Gasteiger partial charge is 0.308 e. The molecule has 2 atom stereocenters. The number of hydrogen-bond acceptors (Lipinski definition) is 4. The highest BCUT2D eigenvalue weighted by molar-refractivity contribution is 5.71. The van der Waals surface area contributed by atoms with Crippen molar-refractivity contribution in [3.8, 4) is 11.8 Å². The molecule has 0 bridgehead atoms. The lowest BCUT2D eigenvalue weighted by atomic mass is 9.99. The van der Waals surface area contributed by atoms with Gasteiger partial charge in [-0.15, -0.1) is 0 Å². The highest BCUT2D eigenvalue weighted by atomic mass is 16.5. The molecule has 1 heterocycles. The number of likely N-dealkylation sites (tertiary alicyclic amines) is 1. The minimum Gasteiger partial charge on any atom is -0.495 e. The maximum absolute atomic E-state index is 11.1. The first kappa shape index (κ1) is 14.4. The van der Waals surface area contributed by atoms with Crippen LogP contribution in [-0.4, -0.2) is 36.2 Å². The fraction of sp³-hybridized carbons (Fsp3) is 0.467. The maximum Gasteiger partial charge on any atom is 0.308 e. The summed E-state index contributed by atoms with van der Waals surface area (Å²) in [5, 5.41) is 18.2. The number of carboxylic acid groups (broad SMARTS) is 1. The Balaban J connectivity index is 2.08. The largest absolute Gasteiger partial charge is 0.495 e. The van der Waals surface area contributed by atoms with Gasteiger partial charge in [-0.05, 0) is 23.6 Å². The summed E-state index contributed by atoms with van der Waals surface area (Å²) >= 11 is 0. The minimum absolute atomic E-state index is 0.154. The van der Waals surface area contributed by atoms with Crippen molar-refractivity contribution < 1.29 is 14.6 Å². The van der Waals surface area contributed by atoms with Gasteiger partial charge in [0.15, 0.2) is 0 Å². The van der Waals surface area contributed by atoms with Gasteiger partial charge < -0.3 is 9.84 Å². The second kappa shape index (κ2) is 5.93. The van der Waals surface area contributed by atoms with Crippen molar-refractivity contribution >= 4 is 5.97 Å². The quantitative estimate of drug-likeness (QED) is 0.905. The summed E-state index contributed by atoms with van der Waals surface area (Å²) in [5.74, 6) is -0.313. The third-order valence-electron chi connectivity index (χ3n) is 3.80. The molecule has 1 aromatic rings. The lowest BCUT2D eigenvalue weighted by molar-refractivity contribution is -0.142. The van der Waals surface area contributed by atoms with Crippen molar-refractivity contribution in [2.45, 2.75) is 13.5 Å². The van der Waals surface area contributed by atoms with Gasteiger partial charge in [0.2, 0.25) is 0 Å². The molecule has 0 amide bonds. The minimum atomic E-state index is -0.729. The summed E-state index contributed by atoms with van der Waals surface area (Å²) in [4.78, 5) is 13.2. The van der Waals surface area contributed by atoms with Gasteiger partial charge in [-0.3, -0.25) is 9.69 Å². The van der Waals surface area contributed by atoms with E-state index < -0.39 is 5.97 Å². The Morgan fingerprint density at radius 3 is 2.85 bits per heavy atom. The summed E-state index contributed by atoms with van der Waals surface area (Å²) in [5.41, 5.74) is 1.51. The van der Waals surface area contributed by atoms with Crippen LogP contribution in [0.5, 0.6) is 5.75 Å². The first-order valence-electron chi connectivity index (χ1n) is 6.57. The van der Waals surface area contributed by atoms with E-state index in [1.807, 2.05) is 13.0 Å². The number of ether oxygens (including phenoxy) is 1. The van der Waals surface area contributed by atoms with Crippen LogP contribution in [-0.2, 0) is 11.3 Å². The zero-order valence-electron chi connectivity index (χ0n) is 11.7. The second-order valence-corrected chi connectivity index (χ2v) is 5.26. The van der Waals surface area contributed by atoms with Gasteiger partial charge in [-0.25, -0.2) is 0 Å². The number of rotatable bonds is 4. The van der Waals surface area contributed by atoms with E-state index >= 15 is 0 Å². The van der Waals surface area contributed by atoms with E-state index in [0.29, 0.717) is 24.4 Å². The lowest BCUT2D eigenvalue weighted by Crippen LogP contribution is -2.23. The molecule has 5 nitrogen and oxygen atoms in total. The Hall–Kier alpha value is -2.06. The molecule has 1 aliphatic heterocycles. The van der Waals surface area contributed by atoms with Crippen LogP contribution in [0.1, 0.15) is 18.1 Å². The van der Waals surface area contributed by atoms with Crippen molar-refractivity contribution in [1.82, 2.24) is 4.90 Å². The molecule has 1 aromatic carbocycles. The van der Waals surface area contributed by atoms with Gasteiger partial charge in [0.25, 0.3) is 0 Å². The Morgan fingerprint density at radius 2 is 2.30 bits per heavy atom. The van der Waals surface area contributed by atoms with Crippen LogP contribution in [0, 0.1) is 23.2 Å². The highest BCUT2D eigenvalue weighted by Gasteiger charge is 2.34. The summed E-state index contributed by atoms with van der Waals surface area (Å²) in [7, 11) is 1.54. The van der Waals surface area contributed by atoms with Crippen LogP contribution in [0.15, 0.2) is 18.2 Å². The first-order valence-corrected chi connectivity index (χ1v) is 6.57. The fourth-order valence-corrected chi connectivity index (χ4v) is 2.72. The number of aliphatic carboxylic acids is 1. The van der Waals surface area contributed by atoms with Crippen LogP contribution in [0.2, 0.25) is 0 Å². The molecule has 1 fully saturated rings. The molecule has 0 radical (unpaired) electrons. The molecule has 1 N–H and O–H groups in total. The van der Waals surface area contributed by atoms with E-state index in [1.54, 1.807) is 12.1 Å². The van der Waals surface area contributed by atoms with Gasteiger partial charge in [-0.1, -0.05) is 13.0 Å². The Kier molecular flexibility index (Phi) is 4.26. The van der Waals surface area contributed by atoms with Crippen LogP contribution in [0.3, 0.4) is 0 Å². The zero-order chi connectivity index (χ0) is 14.7. The molecule has 2 rings (SSSR count). The molecule has 0 spiro atoms. The normalized spacial score (nSPS) is 22.4. The van der Waals surface area contributed by atoms with E-state index in [9.17, 15) is 4.79 Å². The Labute approximate surface area is 118 Å². The average Bonchev–Trinajstić information content (AvgIpc) is 2.79. The van der Waals surface area contributed by atoms with Gasteiger partial charge >= 0.3 is 5.97 Å². The molecule has 5 heteroatoms. The van der Waals surface area contributed by atoms with Crippen molar-refractivity contribution in [3.63, 3.8) is 0 Å². The van der Waals surface area contributed by atoms with E-state index in [4.69, 9.17) is 15.1 Å². The molecular formula is C15H18N2O3. The lowest BCUT2D eigenvalue weighted by Gasteiger charge is -2.16. The molecule has 0 aliphatic carbocycles. The number of carbonyl (C=O) groups is 1. The van der Waals surface area contributed by atoms with Crippen molar-refractivity contribution in [2.75, 3.05) is 20.2 Å². The molecule has 20 heavy (non-hydrogen) atoms. The van der Waals surface area contributed by atoms with Crippen LogP contribution in [0.4, 0.5) is 0 Å².